The van der Waals surface area contributed by atoms with Crippen molar-refractivity contribution in [2.75, 3.05) is 0 Å². The first-order valence-corrected chi connectivity index (χ1v) is 7.39. The fraction of sp³-hybridized carbons (Fsp3) is 0.0588. The predicted octanol–water partition coefficient (Wildman–Crippen LogP) is 1.27. The van der Waals surface area contributed by atoms with Crippen LogP contribution >= 0.6 is 0 Å². The van der Waals surface area contributed by atoms with Crippen LogP contribution in [0, 0.1) is 0 Å². The number of rotatable bonds is 3. The van der Waals surface area contributed by atoms with Gasteiger partial charge in [0.25, 0.3) is 11.5 Å². The Morgan fingerprint density at radius 2 is 1.62 bits per heavy atom. The molecule has 7 nitrogen and oxygen atoms in total. The largest absolute Gasteiger partial charge is 0.346 e. The van der Waals surface area contributed by atoms with Crippen LogP contribution in [0.25, 0.3) is 11.3 Å². The molecule has 0 aliphatic rings. The molecule has 0 atom stereocenters. The number of pyridine rings is 2. The number of carbonyl (C=O) groups is 1. The van der Waals surface area contributed by atoms with Gasteiger partial charge in [-0.25, -0.2) is 9.97 Å². The minimum absolute atomic E-state index is 0.00696. The number of carbonyl (C=O) groups excluding carboxylic acids is 1. The lowest BCUT2D eigenvalue weighted by Crippen LogP contribution is -2.31. The third-order valence-electron chi connectivity index (χ3n) is 3.78. The van der Waals surface area contributed by atoms with Gasteiger partial charge in [0.1, 0.15) is 16.9 Å². The molecule has 0 bridgehead atoms. The zero-order valence-corrected chi connectivity index (χ0v) is 12.6. The van der Waals surface area contributed by atoms with Crippen molar-refractivity contribution in [1.82, 2.24) is 24.1 Å². The second-order valence-corrected chi connectivity index (χ2v) is 5.27. The van der Waals surface area contributed by atoms with Crippen molar-refractivity contribution in [1.29, 1.82) is 0 Å². The van der Waals surface area contributed by atoms with Gasteiger partial charge in [-0.1, -0.05) is 12.1 Å². The fourth-order valence-corrected chi connectivity index (χ4v) is 2.56. The molecule has 0 aliphatic carbocycles. The van der Waals surface area contributed by atoms with Crippen LogP contribution in [0.4, 0.5) is 0 Å². The Morgan fingerprint density at radius 3 is 2.42 bits per heavy atom. The highest BCUT2D eigenvalue weighted by atomic mass is 16.2. The van der Waals surface area contributed by atoms with Crippen LogP contribution in [0.15, 0.2) is 66.0 Å². The van der Waals surface area contributed by atoms with E-state index in [-0.39, 0.29) is 12.1 Å². The van der Waals surface area contributed by atoms with Gasteiger partial charge < -0.3 is 9.72 Å². The summed E-state index contributed by atoms with van der Waals surface area (Å²) in [5.41, 5.74) is 1.74. The molecule has 4 rings (SSSR count). The van der Waals surface area contributed by atoms with E-state index >= 15 is 0 Å². The zero-order chi connectivity index (χ0) is 16.5. The molecule has 4 heterocycles. The van der Waals surface area contributed by atoms with E-state index in [0.29, 0.717) is 5.65 Å². The Labute approximate surface area is 136 Å². The van der Waals surface area contributed by atoms with Crippen LogP contribution in [-0.4, -0.2) is 24.7 Å². The van der Waals surface area contributed by atoms with E-state index in [0.717, 1.165) is 11.3 Å². The molecule has 4 aromatic rings. The summed E-state index contributed by atoms with van der Waals surface area (Å²) in [4.78, 5) is 33.1. The number of aromatic nitrogens is 4. The molecule has 0 aromatic carbocycles. The normalized spacial score (nSPS) is 11.0. The number of nitrogens with zero attached hydrogens (tertiary/aromatic N) is 4. The average molecular weight is 319 g/mol. The van der Waals surface area contributed by atoms with Crippen LogP contribution in [0.2, 0.25) is 0 Å². The van der Waals surface area contributed by atoms with Gasteiger partial charge in [-0.2, -0.15) is 0 Å². The van der Waals surface area contributed by atoms with Crippen molar-refractivity contribution in [3.63, 3.8) is 0 Å². The molecule has 7 heteroatoms. The lowest BCUT2D eigenvalue weighted by Gasteiger charge is -2.06. The Kier molecular flexibility index (Phi) is 3.31. The van der Waals surface area contributed by atoms with E-state index in [4.69, 9.17) is 0 Å². The van der Waals surface area contributed by atoms with Crippen LogP contribution in [0.1, 0.15) is 16.1 Å². The number of hydrogen-bond donors (Lipinski definition) is 1. The SMILES string of the molecule is O=C(NCc1cnc2ccccn12)c1cnc2ccccn2c1=O. The fourth-order valence-electron chi connectivity index (χ4n) is 2.56. The topological polar surface area (TPSA) is 80.8 Å². The predicted molar refractivity (Wildman–Crippen MR) is 87.8 cm³/mol. The molecular formula is C17H13N5O2. The molecule has 118 valence electrons. The third kappa shape index (κ3) is 2.32. The first-order chi connectivity index (χ1) is 11.7. The summed E-state index contributed by atoms with van der Waals surface area (Å²) in [5.74, 6) is -0.461. The lowest BCUT2D eigenvalue weighted by atomic mass is 10.3. The van der Waals surface area contributed by atoms with Crippen molar-refractivity contribution < 1.29 is 4.79 Å². The number of imidazole rings is 1. The van der Waals surface area contributed by atoms with Crippen molar-refractivity contribution >= 4 is 17.2 Å². The zero-order valence-electron chi connectivity index (χ0n) is 12.6. The number of hydrogen-bond acceptors (Lipinski definition) is 4. The van der Waals surface area contributed by atoms with Crippen molar-refractivity contribution in [2.24, 2.45) is 0 Å². The smallest absolute Gasteiger partial charge is 0.270 e. The van der Waals surface area contributed by atoms with Gasteiger partial charge in [-0.15, -0.1) is 0 Å². The van der Waals surface area contributed by atoms with E-state index in [1.54, 1.807) is 30.6 Å². The van der Waals surface area contributed by atoms with Crippen LogP contribution in [0.5, 0.6) is 0 Å². The molecule has 0 spiro atoms. The average Bonchev–Trinajstić information content (AvgIpc) is 3.03. The molecule has 4 aromatic heterocycles. The number of fused-ring (bicyclic) bond motifs is 2. The van der Waals surface area contributed by atoms with Crippen LogP contribution in [0.3, 0.4) is 0 Å². The maximum atomic E-state index is 12.4. The quantitative estimate of drug-likeness (QED) is 0.617. The van der Waals surface area contributed by atoms with E-state index in [1.807, 2.05) is 28.8 Å². The molecule has 0 saturated heterocycles. The highest BCUT2D eigenvalue weighted by Crippen LogP contribution is 2.06. The maximum absolute atomic E-state index is 12.4. The highest BCUT2D eigenvalue weighted by molar-refractivity contribution is 5.93. The Morgan fingerprint density at radius 1 is 0.958 bits per heavy atom. The molecule has 24 heavy (non-hydrogen) atoms. The summed E-state index contributed by atoms with van der Waals surface area (Å²) in [6, 6.07) is 10.9. The van der Waals surface area contributed by atoms with E-state index in [9.17, 15) is 9.59 Å². The van der Waals surface area contributed by atoms with Gasteiger partial charge in [0, 0.05) is 18.6 Å². The molecule has 0 fully saturated rings. The Hall–Kier alpha value is -3.48. The first kappa shape index (κ1) is 14.1. The maximum Gasteiger partial charge on any atom is 0.270 e. The van der Waals surface area contributed by atoms with Gasteiger partial charge >= 0.3 is 0 Å². The second kappa shape index (κ2) is 5.62. The lowest BCUT2D eigenvalue weighted by molar-refractivity contribution is 0.0948. The van der Waals surface area contributed by atoms with Gasteiger partial charge in [0.2, 0.25) is 0 Å². The second-order valence-electron chi connectivity index (χ2n) is 5.27. The summed E-state index contributed by atoms with van der Waals surface area (Å²) in [6.07, 6.45) is 6.46. The Bertz CT molecular complexity index is 1110. The highest BCUT2D eigenvalue weighted by Gasteiger charge is 2.13. The van der Waals surface area contributed by atoms with Crippen molar-refractivity contribution in [2.45, 2.75) is 6.54 Å². The number of nitrogens with one attached hydrogen (secondary N) is 1. The molecule has 0 saturated carbocycles. The molecule has 0 unspecified atom stereocenters. The summed E-state index contributed by atoms with van der Waals surface area (Å²) in [5, 5.41) is 2.75. The Balaban J connectivity index is 1.61. The summed E-state index contributed by atoms with van der Waals surface area (Å²) >= 11 is 0. The van der Waals surface area contributed by atoms with Gasteiger partial charge in [0.15, 0.2) is 0 Å². The molecule has 1 amide bonds. The van der Waals surface area contributed by atoms with Gasteiger partial charge in [-0.05, 0) is 24.3 Å². The minimum atomic E-state index is -0.461. The van der Waals surface area contributed by atoms with E-state index in [1.165, 1.54) is 10.6 Å². The molecule has 0 aliphatic heterocycles. The standard InChI is InChI=1S/C17H13N5O2/c23-16(13-11-19-15-6-2-4-8-22(15)17(13)24)20-10-12-9-18-14-5-1-3-7-21(12)14/h1-9,11H,10H2,(H,20,23). The monoisotopic (exact) mass is 319 g/mol. The van der Waals surface area contributed by atoms with E-state index in [2.05, 4.69) is 15.3 Å². The van der Waals surface area contributed by atoms with Gasteiger partial charge in [0.05, 0.1) is 18.4 Å². The van der Waals surface area contributed by atoms with E-state index < -0.39 is 11.5 Å². The first-order valence-electron chi connectivity index (χ1n) is 7.39. The number of amides is 1. The van der Waals surface area contributed by atoms with Crippen LogP contribution < -0.4 is 10.9 Å². The molecule has 1 N–H and O–H groups in total. The minimum Gasteiger partial charge on any atom is -0.346 e. The van der Waals surface area contributed by atoms with Crippen LogP contribution in [-0.2, 0) is 6.54 Å². The third-order valence-corrected chi connectivity index (χ3v) is 3.78. The molecular weight excluding hydrogens is 306 g/mol. The molecule has 0 radical (unpaired) electrons. The van der Waals surface area contributed by atoms with Crippen molar-refractivity contribution in [3.05, 3.63) is 82.8 Å². The summed E-state index contributed by atoms with van der Waals surface area (Å²) in [7, 11) is 0. The summed E-state index contributed by atoms with van der Waals surface area (Å²) in [6.45, 7) is 0.265. The van der Waals surface area contributed by atoms with Crippen molar-refractivity contribution in [3.8, 4) is 0 Å². The summed E-state index contributed by atoms with van der Waals surface area (Å²) < 4.78 is 3.23. The van der Waals surface area contributed by atoms with Gasteiger partial charge in [-0.3, -0.25) is 14.0 Å².